The van der Waals surface area contributed by atoms with E-state index in [0.717, 1.165) is 44.0 Å². The summed E-state index contributed by atoms with van der Waals surface area (Å²) in [5.74, 6) is 1.59. The Balaban J connectivity index is 1.49. The summed E-state index contributed by atoms with van der Waals surface area (Å²) in [5.41, 5.74) is 0. The summed E-state index contributed by atoms with van der Waals surface area (Å²) in [6, 6.07) is 0.424. The molecular formula is C16H30N2OS2. The van der Waals surface area contributed by atoms with Crippen LogP contribution < -0.4 is 5.32 Å². The van der Waals surface area contributed by atoms with E-state index >= 15 is 0 Å². The molecule has 2 heterocycles. The molecule has 2 aliphatic rings. The second-order valence-electron chi connectivity index (χ2n) is 6.26. The summed E-state index contributed by atoms with van der Waals surface area (Å²) in [5, 5.41) is 4.08. The zero-order valence-corrected chi connectivity index (χ0v) is 14.9. The van der Waals surface area contributed by atoms with Crippen molar-refractivity contribution in [1.29, 1.82) is 0 Å². The predicted octanol–water partition coefficient (Wildman–Crippen LogP) is 3.69. The SMILES string of the molecule is CCCN1CCC(NC(=O)CCCCC2CCSS2)CC1. The molecule has 1 N–H and O–H groups in total. The van der Waals surface area contributed by atoms with Gasteiger partial charge in [0.05, 0.1) is 0 Å². The molecular weight excluding hydrogens is 300 g/mol. The van der Waals surface area contributed by atoms with Gasteiger partial charge in [0.15, 0.2) is 0 Å². The van der Waals surface area contributed by atoms with E-state index < -0.39 is 0 Å². The van der Waals surface area contributed by atoms with E-state index in [2.05, 4.69) is 17.1 Å². The predicted molar refractivity (Wildman–Crippen MR) is 94.8 cm³/mol. The molecule has 1 amide bonds. The summed E-state index contributed by atoms with van der Waals surface area (Å²) in [6.07, 6.45) is 9.12. The number of amides is 1. The van der Waals surface area contributed by atoms with Gasteiger partial charge in [-0.2, -0.15) is 0 Å². The minimum absolute atomic E-state index is 0.275. The average Bonchev–Trinajstić information content (AvgIpc) is 2.99. The first-order valence-electron chi connectivity index (χ1n) is 8.58. The first kappa shape index (κ1) is 17.5. The Morgan fingerprint density at radius 1 is 1.24 bits per heavy atom. The Kier molecular flexibility index (Phi) is 8.33. The van der Waals surface area contributed by atoms with Gasteiger partial charge in [-0.15, -0.1) is 0 Å². The number of hydrogen-bond donors (Lipinski definition) is 1. The molecule has 21 heavy (non-hydrogen) atoms. The van der Waals surface area contributed by atoms with E-state index in [1.165, 1.54) is 38.0 Å². The van der Waals surface area contributed by atoms with E-state index in [9.17, 15) is 4.79 Å². The molecule has 0 radical (unpaired) electrons. The van der Waals surface area contributed by atoms with Crippen molar-refractivity contribution in [1.82, 2.24) is 10.2 Å². The zero-order valence-electron chi connectivity index (χ0n) is 13.3. The van der Waals surface area contributed by atoms with E-state index in [4.69, 9.17) is 0 Å². The van der Waals surface area contributed by atoms with Gasteiger partial charge < -0.3 is 10.2 Å². The Morgan fingerprint density at radius 3 is 2.71 bits per heavy atom. The summed E-state index contributed by atoms with van der Waals surface area (Å²) >= 11 is 0. The number of nitrogens with zero attached hydrogens (tertiary/aromatic N) is 1. The minimum Gasteiger partial charge on any atom is -0.353 e. The Hall–Kier alpha value is 0.130. The van der Waals surface area contributed by atoms with Gasteiger partial charge in [-0.3, -0.25) is 4.79 Å². The fourth-order valence-corrected chi connectivity index (χ4v) is 6.17. The highest BCUT2D eigenvalue weighted by Crippen LogP contribution is 2.39. The molecule has 1 unspecified atom stereocenters. The summed E-state index contributed by atoms with van der Waals surface area (Å²) < 4.78 is 0. The second kappa shape index (κ2) is 10.0. The van der Waals surface area contributed by atoms with Crippen LogP contribution in [0.15, 0.2) is 0 Å². The molecule has 0 aromatic carbocycles. The second-order valence-corrected chi connectivity index (χ2v) is 9.05. The number of likely N-dealkylation sites (tertiary alicyclic amines) is 1. The molecule has 2 saturated heterocycles. The Bertz CT molecular complexity index is 301. The third-order valence-corrected chi connectivity index (χ3v) is 7.41. The van der Waals surface area contributed by atoms with Crippen molar-refractivity contribution in [3.63, 3.8) is 0 Å². The molecule has 0 bridgehead atoms. The third-order valence-electron chi connectivity index (χ3n) is 4.40. The number of unbranched alkanes of at least 4 members (excludes halogenated alkanes) is 1. The van der Waals surface area contributed by atoms with Crippen molar-refractivity contribution >= 4 is 27.5 Å². The molecule has 2 aliphatic heterocycles. The number of rotatable bonds is 8. The Morgan fingerprint density at radius 2 is 2.05 bits per heavy atom. The van der Waals surface area contributed by atoms with Crippen LogP contribution in [0.3, 0.4) is 0 Å². The van der Waals surface area contributed by atoms with E-state index in [1.54, 1.807) is 0 Å². The summed E-state index contributed by atoms with van der Waals surface area (Å²) in [4.78, 5) is 14.5. The summed E-state index contributed by atoms with van der Waals surface area (Å²) in [7, 11) is 4.05. The number of carbonyl (C=O) groups excluding carboxylic acids is 1. The lowest BCUT2D eigenvalue weighted by atomic mass is 10.0. The highest BCUT2D eigenvalue weighted by atomic mass is 33.1. The van der Waals surface area contributed by atoms with Gasteiger partial charge in [0.25, 0.3) is 0 Å². The largest absolute Gasteiger partial charge is 0.353 e. The van der Waals surface area contributed by atoms with Gasteiger partial charge in [-0.25, -0.2) is 0 Å². The fourth-order valence-electron chi connectivity index (χ4n) is 3.14. The van der Waals surface area contributed by atoms with E-state index in [1.807, 2.05) is 21.6 Å². The Labute approximate surface area is 137 Å². The van der Waals surface area contributed by atoms with E-state index in [0.29, 0.717) is 6.04 Å². The molecule has 122 valence electrons. The van der Waals surface area contributed by atoms with Crippen LogP contribution in [-0.2, 0) is 4.79 Å². The number of piperidine rings is 1. The lowest BCUT2D eigenvalue weighted by Gasteiger charge is -2.32. The number of nitrogens with one attached hydrogen (secondary N) is 1. The number of carbonyl (C=O) groups is 1. The first-order chi connectivity index (χ1) is 10.3. The van der Waals surface area contributed by atoms with Crippen molar-refractivity contribution in [3.05, 3.63) is 0 Å². The van der Waals surface area contributed by atoms with Gasteiger partial charge in [0, 0.05) is 36.6 Å². The standard InChI is InChI=1S/C16H30N2OS2/c1-2-10-18-11-7-14(8-12-18)17-16(19)6-4-3-5-15-9-13-20-21-15/h14-15H,2-13H2,1H3,(H,17,19). The van der Waals surface area contributed by atoms with Gasteiger partial charge in [0.1, 0.15) is 0 Å². The van der Waals surface area contributed by atoms with Crippen molar-refractivity contribution in [2.75, 3.05) is 25.4 Å². The van der Waals surface area contributed by atoms with Crippen LogP contribution in [0.4, 0.5) is 0 Å². The highest BCUT2D eigenvalue weighted by molar-refractivity contribution is 8.77. The zero-order chi connectivity index (χ0) is 14.9. The molecule has 0 aromatic heterocycles. The van der Waals surface area contributed by atoms with Crippen LogP contribution in [0.25, 0.3) is 0 Å². The topological polar surface area (TPSA) is 32.3 Å². The van der Waals surface area contributed by atoms with Crippen molar-refractivity contribution in [2.45, 2.75) is 69.6 Å². The molecule has 0 saturated carbocycles. The number of hydrogen-bond acceptors (Lipinski definition) is 4. The smallest absolute Gasteiger partial charge is 0.220 e. The third kappa shape index (κ3) is 6.83. The molecule has 0 aliphatic carbocycles. The van der Waals surface area contributed by atoms with Crippen LogP contribution in [0.2, 0.25) is 0 Å². The highest BCUT2D eigenvalue weighted by Gasteiger charge is 2.20. The lowest BCUT2D eigenvalue weighted by molar-refractivity contribution is -0.122. The molecule has 3 nitrogen and oxygen atoms in total. The van der Waals surface area contributed by atoms with Crippen LogP contribution in [0, 0.1) is 0 Å². The summed E-state index contributed by atoms with van der Waals surface area (Å²) in [6.45, 7) is 5.74. The van der Waals surface area contributed by atoms with Gasteiger partial charge >= 0.3 is 0 Å². The normalized spacial score (nSPS) is 24.3. The van der Waals surface area contributed by atoms with Crippen LogP contribution in [-0.4, -0.2) is 47.5 Å². The fraction of sp³-hybridized carbons (Fsp3) is 0.938. The molecule has 0 aromatic rings. The van der Waals surface area contributed by atoms with Gasteiger partial charge in [0.2, 0.25) is 5.91 Å². The monoisotopic (exact) mass is 330 g/mol. The lowest BCUT2D eigenvalue weighted by Crippen LogP contribution is -2.44. The maximum Gasteiger partial charge on any atom is 0.220 e. The molecule has 2 rings (SSSR count). The van der Waals surface area contributed by atoms with Crippen LogP contribution in [0.1, 0.15) is 58.3 Å². The van der Waals surface area contributed by atoms with Crippen LogP contribution in [0.5, 0.6) is 0 Å². The van der Waals surface area contributed by atoms with Crippen LogP contribution >= 0.6 is 21.6 Å². The molecule has 1 atom stereocenters. The molecule has 5 heteroatoms. The molecule has 2 fully saturated rings. The van der Waals surface area contributed by atoms with E-state index in [-0.39, 0.29) is 5.91 Å². The minimum atomic E-state index is 0.275. The maximum absolute atomic E-state index is 12.0. The first-order valence-corrected chi connectivity index (χ1v) is 11.0. The maximum atomic E-state index is 12.0. The van der Waals surface area contributed by atoms with Crippen molar-refractivity contribution in [2.24, 2.45) is 0 Å². The molecule has 0 spiro atoms. The quantitative estimate of drug-likeness (QED) is 0.543. The van der Waals surface area contributed by atoms with Crippen molar-refractivity contribution < 1.29 is 4.79 Å². The average molecular weight is 331 g/mol. The van der Waals surface area contributed by atoms with Gasteiger partial charge in [-0.1, -0.05) is 34.9 Å². The van der Waals surface area contributed by atoms with Crippen molar-refractivity contribution in [3.8, 4) is 0 Å². The van der Waals surface area contributed by atoms with Gasteiger partial charge in [-0.05, 0) is 45.1 Å².